The molecule has 0 saturated carbocycles. The first-order valence-electron chi connectivity index (χ1n) is 17.9. The first-order chi connectivity index (χ1) is 19.4. The normalized spacial score (nSPS) is 11.4. The molecule has 1 nitrogen and oxygen atoms in total. The second kappa shape index (κ2) is 41.7. The summed E-state index contributed by atoms with van der Waals surface area (Å²) in [6, 6.07) is 0. The molecule has 0 aromatic carbocycles. The van der Waals surface area contributed by atoms with Crippen molar-refractivity contribution in [2.45, 2.75) is 194 Å². The highest BCUT2D eigenvalue weighted by Gasteiger charge is 1.94. The van der Waals surface area contributed by atoms with Crippen LogP contribution in [0.1, 0.15) is 194 Å². The first-order valence-corrected chi connectivity index (χ1v) is 17.9. The maximum atomic E-state index is 3.67. The Kier molecular flexibility index (Phi) is 43.1. The Balaban J connectivity index is 0. The van der Waals surface area contributed by atoms with Gasteiger partial charge in [0.2, 0.25) is 0 Å². The number of allylic oxidation sites excluding steroid dienone is 4. The van der Waals surface area contributed by atoms with Crippen molar-refractivity contribution < 1.29 is 0 Å². The van der Waals surface area contributed by atoms with Crippen LogP contribution in [0.3, 0.4) is 0 Å². The molecule has 0 aliphatic rings. The van der Waals surface area contributed by atoms with Gasteiger partial charge in [-0.3, -0.25) is 0 Å². The van der Waals surface area contributed by atoms with Gasteiger partial charge in [0.05, 0.1) is 0 Å². The first kappa shape index (κ1) is 40.3. The van der Waals surface area contributed by atoms with Gasteiger partial charge in [-0.15, -0.1) is 13.2 Å². The summed E-state index contributed by atoms with van der Waals surface area (Å²) in [6.45, 7) is 13.0. The highest BCUT2D eigenvalue weighted by Crippen LogP contribution is 2.11. The van der Waals surface area contributed by atoms with Gasteiger partial charge in [0.1, 0.15) is 0 Å². The number of rotatable bonds is 32. The van der Waals surface area contributed by atoms with Crippen LogP contribution in [0.25, 0.3) is 0 Å². The number of nitrogens with one attached hydrogen (secondary N) is 1. The van der Waals surface area contributed by atoms with Crippen molar-refractivity contribution >= 4 is 0 Å². The third-order valence-corrected chi connectivity index (χ3v) is 7.73. The van der Waals surface area contributed by atoms with Crippen molar-refractivity contribution in [2.24, 2.45) is 0 Å². The summed E-state index contributed by atoms with van der Waals surface area (Å²) in [7, 11) is 0. The van der Waals surface area contributed by atoms with Crippen LogP contribution in [0.4, 0.5) is 0 Å². The number of hydrogen-bond acceptors (Lipinski definition) is 1. The summed E-state index contributed by atoms with van der Waals surface area (Å²) in [5, 5.41) is 3.67. The lowest BCUT2D eigenvalue weighted by molar-refractivity contribution is 0.539. The van der Waals surface area contributed by atoms with Gasteiger partial charge in [-0.05, 0) is 77.3 Å². The molecule has 1 heteroatoms. The standard InChI is InChI=1S/C36H71N.C2H4/c1-3-5-7-9-11-13-15-17-19-21-23-25-27-29-31-33-35-37-36-34-32-30-28-26-24-22-20-18-16-14-12-10-8-6-4-2;1-2/h17-20,37H,3-16,21-36H2,1-2H3;1-2H2. The fourth-order valence-corrected chi connectivity index (χ4v) is 5.12. The van der Waals surface area contributed by atoms with Crippen LogP contribution in [0.15, 0.2) is 37.5 Å². The molecule has 1 N–H and O–H groups in total. The summed E-state index contributed by atoms with van der Waals surface area (Å²) in [5.74, 6) is 0. The highest BCUT2D eigenvalue weighted by molar-refractivity contribution is 4.82. The quantitative estimate of drug-likeness (QED) is 0.0654. The van der Waals surface area contributed by atoms with Gasteiger partial charge in [0, 0.05) is 0 Å². The van der Waals surface area contributed by atoms with E-state index in [0.29, 0.717) is 0 Å². The average Bonchev–Trinajstić information content (AvgIpc) is 2.96. The Hall–Kier alpha value is -0.820. The Bertz CT molecular complexity index is 412. The van der Waals surface area contributed by atoms with E-state index in [2.05, 4.69) is 56.6 Å². The Morgan fingerprint density at radius 2 is 0.564 bits per heavy atom. The molecule has 0 bridgehead atoms. The minimum Gasteiger partial charge on any atom is -0.317 e. The number of hydrogen-bond donors (Lipinski definition) is 1. The smallest absolute Gasteiger partial charge is 0.00489 e. The van der Waals surface area contributed by atoms with Crippen molar-refractivity contribution in [3.8, 4) is 0 Å². The van der Waals surface area contributed by atoms with Gasteiger partial charge in [0.25, 0.3) is 0 Å². The fourth-order valence-electron chi connectivity index (χ4n) is 5.12. The molecular formula is C38H75N. The minimum atomic E-state index is 1.23. The third-order valence-electron chi connectivity index (χ3n) is 7.73. The summed E-state index contributed by atoms with van der Waals surface area (Å²) in [4.78, 5) is 0. The lowest BCUT2D eigenvalue weighted by Crippen LogP contribution is -2.16. The molecule has 0 atom stereocenters. The lowest BCUT2D eigenvalue weighted by atomic mass is 10.1. The second-order valence-corrected chi connectivity index (χ2v) is 11.6. The zero-order valence-electron chi connectivity index (χ0n) is 27.4. The van der Waals surface area contributed by atoms with E-state index < -0.39 is 0 Å². The summed E-state index contributed by atoms with van der Waals surface area (Å²) in [6.07, 6.45) is 48.8. The predicted octanol–water partition coefficient (Wildman–Crippen LogP) is 13.5. The molecule has 0 radical (unpaired) electrons. The Morgan fingerprint density at radius 1 is 0.333 bits per heavy atom. The van der Waals surface area contributed by atoms with Gasteiger partial charge in [-0.1, -0.05) is 154 Å². The van der Waals surface area contributed by atoms with E-state index in [1.807, 2.05) is 0 Å². The van der Waals surface area contributed by atoms with Gasteiger partial charge in [-0.25, -0.2) is 0 Å². The van der Waals surface area contributed by atoms with Gasteiger partial charge < -0.3 is 5.32 Å². The van der Waals surface area contributed by atoms with Crippen molar-refractivity contribution in [2.75, 3.05) is 13.1 Å². The topological polar surface area (TPSA) is 12.0 Å². The number of unbranched alkanes of at least 4 members (excludes halogenated alkanes) is 24. The van der Waals surface area contributed by atoms with E-state index in [0.717, 1.165) is 0 Å². The molecule has 0 aliphatic carbocycles. The molecule has 0 rings (SSSR count). The van der Waals surface area contributed by atoms with Crippen molar-refractivity contribution in [3.63, 3.8) is 0 Å². The minimum absolute atomic E-state index is 1.23. The molecule has 0 aromatic rings. The largest absolute Gasteiger partial charge is 0.317 e. The van der Waals surface area contributed by atoms with Crippen molar-refractivity contribution in [3.05, 3.63) is 37.5 Å². The second-order valence-electron chi connectivity index (χ2n) is 11.6. The molecule has 0 heterocycles. The Morgan fingerprint density at radius 3 is 0.846 bits per heavy atom. The van der Waals surface area contributed by atoms with Crippen LogP contribution < -0.4 is 5.32 Å². The van der Waals surface area contributed by atoms with Gasteiger partial charge in [-0.2, -0.15) is 0 Å². The van der Waals surface area contributed by atoms with Crippen LogP contribution >= 0.6 is 0 Å². The van der Waals surface area contributed by atoms with E-state index >= 15 is 0 Å². The van der Waals surface area contributed by atoms with Crippen LogP contribution in [-0.4, -0.2) is 13.1 Å². The molecule has 0 aromatic heterocycles. The third kappa shape index (κ3) is 41.8. The average molecular weight is 546 g/mol. The van der Waals surface area contributed by atoms with Gasteiger partial charge in [0.15, 0.2) is 0 Å². The molecule has 0 saturated heterocycles. The maximum Gasteiger partial charge on any atom is -0.00489 e. The molecule has 0 fully saturated rings. The van der Waals surface area contributed by atoms with Crippen molar-refractivity contribution in [1.82, 2.24) is 5.32 Å². The maximum absolute atomic E-state index is 3.67. The lowest BCUT2D eigenvalue weighted by Gasteiger charge is -2.05. The van der Waals surface area contributed by atoms with Crippen molar-refractivity contribution in [1.29, 1.82) is 0 Å². The zero-order chi connectivity index (χ0) is 28.7. The summed E-state index contributed by atoms with van der Waals surface area (Å²) in [5.41, 5.74) is 0. The van der Waals surface area contributed by atoms with Crippen LogP contribution in [0.2, 0.25) is 0 Å². The molecular weight excluding hydrogens is 470 g/mol. The van der Waals surface area contributed by atoms with E-state index in [-0.39, 0.29) is 0 Å². The molecule has 39 heavy (non-hydrogen) atoms. The predicted molar refractivity (Wildman–Crippen MR) is 183 cm³/mol. The van der Waals surface area contributed by atoms with E-state index in [1.165, 1.54) is 193 Å². The Labute approximate surface area is 249 Å². The van der Waals surface area contributed by atoms with E-state index in [9.17, 15) is 0 Å². The molecule has 0 spiro atoms. The van der Waals surface area contributed by atoms with Crippen LogP contribution in [0.5, 0.6) is 0 Å². The van der Waals surface area contributed by atoms with E-state index in [1.54, 1.807) is 0 Å². The SMILES string of the molecule is C=C.CCCCCCCCC=CCCCCCCCCNCCCCCCCCC=CCCCCCCCC. The highest BCUT2D eigenvalue weighted by atomic mass is 14.8. The molecule has 0 unspecified atom stereocenters. The molecule has 0 amide bonds. The zero-order valence-corrected chi connectivity index (χ0v) is 27.4. The summed E-state index contributed by atoms with van der Waals surface area (Å²) >= 11 is 0. The van der Waals surface area contributed by atoms with Crippen LogP contribution in [-0.2, 0) is 0 Å². The summed E-state index contributed by atoms with van der Waals surface area (Å²) < 4.78 is 0. The molecule has 0 aliphatic heterocycles. The van der Waals surface area contributed by atoms with E-state index in [4.69, 9.17) is 0 Å². The monoisotopic (exact) mass is 546 g/mol. The molecule has 232 valence electrons. The van der Waals surface area contributed by atoms with Crippen LogP contribution in [0, 0.1) is 0 Å². The van der Waals surface area contributed by atoms with Gasteiger partial charge >= 0.3 is 0 Å². The fraction of sp³-hybridized carbons (Fsp3) is 0.842.